The Morgan fingerprint density at radius 1 is 1.29 bits per heavy atom. The van der Waals surface area contributed by atoms with Crippen molar-refractivity contribution in [3.8, 4) is 0 Å². The van der Waals surface area contributed by atoms with E-state index in [2.05, 4.69) is 0 Å². The topological polar surface area (TPSA) is 98.2 Å². The number of hydrogen-bond acceptors (Lipinski definition) is 5. The molecule has 1 aliphatic rings. The van der Waals surface area contributed by atoms with E-state index in [9.17, 15) is 14.4 Å². The molecule has 7 nitrogen and oxygen atoms in total. The summed E-state index contributed by atoms with van der Waals surface area (Å²) in [7, 11) is 1.17. The molecule has 0 aromatic carbocycles. The molecule has 0 aromatic heterocycles. The maximum atomic E-state index is 11.2. The lowest BCUT2D eigenvalue weighted by atomic mass is 10.3. The zero-order valence-electron chi connectivity index (χ0n) is 7.51. The summed E-state index contributed by atoms with van der Waals surface area (Å²) in [5, 5.41) is 17.5. The number of urea groups is 1. The predicted molar refractivity (Wildman–Crippen MR) is 43.0 cm³/mol. The Hall–Kier alpha value is -1.47. The fourth-order valence-electron chi connectivity index (χ4n) is 1.04. The molecule has 0 aliphatic carbocycles. The Labute approximate surface area is 79.5 Å². The largest absolute Gasteiger partial charge is 0.394 e. The third kappa shape index (κ3) is 1.59. The Kier molecular flexibility index (Phi) is 2.82. The average Bonchev–Trinajstić information content (AvgIpc) is 2.35. The molecule has 1 fully saturated rings. The zero-order chi connectivity index (χ0) is 10.9. The van der Waals surface area contributed by atoms with Crippen LogP contribution < -0.4 is 0 Å². The number of amides is 4. The van der Waals surface area contributed by atoms with Crippen LogP contribution in [0.25, 0.3) is 0 Å². The van der Waals surface area contributed by atoms with Crippen molar-refractivity contribution in [2.45, 2.75) is 6.10 Å². The number of aliphatic hydroxyl groups excluding tert-OH is 2. The molecule has 4 amide bonds. The molecule has 1 unspecified atom stereocenters. The third-order valence-corrected chi connectivity index (χ3v) is 1.85. The van der Waals surface area contributed by atoms with Gasteiger partial charge in [0.2, 0.25) is 0 Å². The minimum atomic E-state index is -1.22. The maximum absolute atomic E-state index is 11.2. The van der Waals surface area contributed by atoms with Gasteiger partial charge in [-0.15, -0.1) is 0 Å². The van der Waals surface area contributed by atoms with Crippen LogP contribution in [0.5, 0.6) is 0 Å². The summed E-state index contributed by atoms with van der Waals surface area (Å²) in [5.41, 5.74) is 0. The van der Waals surface area contributed by atoms with Crippen LogP contribution in [0.1, 0.15) is 0 Å². The highest BCUT2D eigenvalue weighted by molar-refractivity contribution is 6.44. The minimum Gasteiger partial charge on any atom is -0.394 e. The van der Waals surface area contributed by atoms with Crippen molar-refractivity contribution < 1.29 is 24.6 Å². The van der Waals surface area contributed by atoms with E-state index in [4.69, 9.17) is 10.2 Å². The SMILES string of the molecule is CN1C(=O)C(=O)N(CC(O)CO)C1=O. The number of hydrogen-bond donors (Lipinski definition) is 2. The van der Waals surface area contributed by atoms with Crippen molar-refractivity contribution in [2.75, 3.05) is 20.2 Å². The number of imide groups is 2. The van der Waals surface area contributed by atoms with E-state index in [-0.39, 0.29) is 6.54 Å². The van der Waals surface area contributed by atoms with Crippen LogP contribution >= 0.6 is 0 Å². The van der Waals surface area contributed by atoms with Gasteiger partial charge in [0, 0.05) is 7.05 Å². The van der Waals surface area contributed by atoms with Gasteiger partial charge in [-0.1, -0.05) is 0 Å². The molecule has 7 heteroatoms. The van der Waals surface area contributed by atoms with Gasteiger partial charge in [-0.25, -0.2) is 4.79 Å². The van der Waals surface area contributed by atoms with Crippen molar-refractivity contribution in [2.24, 2.45) is 0 Å². The monoisotopic (exact) mass is 202 g/mol. The third-order valence-electron chi connectivity index (χ3n) is 1.85. The Morgan fingerprint density at radius 3 is 2.21 bits per heavy atom. The van der Waals surface area contributed by atoms with Gasteiger partial charge in [0.15, 0.2) is 0 Å². The first kappa shape index (κ1) is 10.6. The molecule has 0 radical (unpaired) electrons. The van der Waals surface area contributed by atoms with E-state index in [1.807, 2.05) is 0 Å². The number of carbonyl (C=O) groups is 3. The standard InChI is InChI=1S/C7H10N2O5/c1-8-5(12)6(13)9(7(8)14)2-4(11)3-10/h4,10-11H,2-3H2,1H3. The van der Waals surface area contributed by atoms with Gasteiger partial charge < -0.3 is 10.2 Å². The van der Waals surface area contributed by atoms with Crippen LogP contribution in [0.4, 0.5) is 4.79 Å². The number of likely N-dealkylation sites (N-methyl/N-ethyl adjacent to an activating group) is 1. The number of carbonyl (C=O) groups excluding carboxylic acids is 3. The fraction of sp³-hybridized carbons (Fsp3) is 0.571. The van der Waals surface area contributed by atoms with E-state index in [0.29, 0.717) is 9.80 Å². The summed E-state index contributed by atoms with van der Waals surface area (Å²) in [4.78, 5) is 34.5. The number of β-amino-alcohol motifs (C(OH)–C–C–N with tert-alkyl or cyclic N) is 1. The van der Waals surface area contributed by atoms with Crippen molar-refractivity contribution >= 4 is 17.8 Å². The summed E-state index contributed by atoms with van der Waals surface area (Å²) >= 11 is 0. The predicted octanol–water partition coefficient (Wildman–Crippen LogP) is -2.24. The number of rotatable bonds is 3. The maximum Gasteiger partial charge on any atom is 0.334 e. The van der Waals surface area contributed by atoms with Gasteiger partial charge in [0.25, 0.3) is 0 Å². The lowest BCUT2D eigenvalue weighted by Crippen LogP contribution is -2.39. The first-order valence-corrected chi connectivity index (χ1v) is 3.91. The molecule has 0 saturated carbocycles. The summed E-state index contributed by atoms with van der Waals surface area (Å²) in [6.45, 7) is -0.945. The van der Waals surface area contributed by atoms with Crippen LogP contribution in [-0.2, 0) is 9.59 Å². The summed E-state index contributed by atoms with van der Waals surface area (Å²) in [6, 6.07) is -0.785. The summed E-state index contributed by atoms with van der Waals surface area (Å²) in [5.74, 6) is -1.91. The second-order valence-electron chi connectivity index (χ2n) is 2.90. The van der Waals surface area contributed by atoms with E-state index in [0.717, 1.165) is 0 Å². The van der Waals surface area contributed by atoms with Crippen molar-refractivity contribution in [1.82, 2.24) is 9.80 Å². The molecule has 2 N–H and O–H groups in total. The highest BCUT2D eigenvalue weighted by Crippen LogP contribution is 2.09. The van der Waals surface area contributed by atoms with Crippen molar-refractivity contribution in [3.05, 3.63) is 0 Å². The molecule has 78 valence electrons. The number of nitrogens with zero attached hydrogens (tertiary/aromatic N) is 2. The van der Waals surface area contributed by atoms with E-state index in [1.165, 1.54) is 7.05 Å². The molecule has 1 rings (SSSR count). The smallest absolute Gasteiger partial charge is 0.334 e. The van der Waals surface area contributed by atoms with Crippen LogP contribution in [0.2, 0.25) is 0 Å². The van der Waals surface area contributed by atoms with Gasteiger partial charge in [0.1, 0.15) is 0 Å². The van der Waals surface area contributed by atoms with E-state index in [1.54, 1.807) is 0 Å². The van der Waals surface area contributed by atoms with Crippen LogP contribution in [-0.4, -0.2) is 64.2 Å². The molecular formula is C7H10N2O5. The Balaban J connectivity index is 2.75. The molecule has 14 heavy (non-hydrogen) atoms. The van der Waals surface area contributed by atoms with Gasteiger partial charge in [-0.2, -0.15) is 0 Å². The summed E-state index contributed by atoms with van der Waals surface area (Å²) in [6.07, 6.45) is -1.22. The molecular weight excluding hydrogens is 192 g/mol. The molecule has 1 aliphatic heterocycles. The average molecular weight is 202 g/mol. The summed E-state index contributed by atoms with van der Waals surface area (Å²) < 4.78 is 0. The Bertz CT molecular complexity index is 290. The van der Waals surface area contributed by atoms with E-state index >= 15 is 0 Å². The molecule has 0 spiro atoms. The zero-order valence-corrected chi connectivity index (χ0v) is 7.51. The molecule has 0 aromatic rings. The van der Waals surface area contributed by atoms with Crippen molar-refractivity contribution in [1.29, 1.82) is 0 Å². The lowest BCUT2D eigenvalue weighted by Gasteiger charge is -2.15. The number of aliphatic hydroxyl groups is 2. The first-order chi connectivity index (χ1) is 6.49. The van der Waals surface area contributed by atoms with Crippen LogP contribution in [0, 0.1) is 0 Å². The van der Waals surface area contributed by atoms with Gasteiger partial charge in [-0.3, -0.25) is 19.4 Å². The molecule has 1 heterocycles. The van der Waals surface area contributed by atoms with Crippen LogP contribution in [0.15, 0.2) is 0 Å². The quantitative estimate of drug-likeness (QED) is 0.398. The fourth-order valence-corrected chi connectivity index (χ4v) is 1.04. The molecule has 1 saturated heterocycles. The Morgan fingerprint density at radius 2 is 1.86 bits per heavy atom. The minimum absolute atomic E-state index is 0.371. The highest BCUT2D eigenvalue weighted by atomic mass is 16.3. The second kappa shape index (κ2) is 3.72. The molecule has 1 atom stereocenters. The lowest BCUT2D eigenvalue weighted by molar-refractivity contribution is -0.143. The van der Waals surface area contributed by atoms with Gasteiger partial charge in [-0.05, 0) is 0 Å². The molecule has 0 bridgehead atoms. The first-order valence-electron chi connectivity index (χ1n) is 3.91. The normalized spacial score (nSPS) is 19.5. The van der Waals surface area contributed by atoms with Gasteiger partial charge in [0.05, 0.1) is 19.3 Å². The van der Waals surface area contributed by atoms with Crippen LogP contribution in [0.3, 0.4) is 0 Å². The second-order valence-corrected chi connectivity index (χ2v) is 2.90. The highest BCUT2D eigenvalue weighted by Gasteiger charge is 2.42. The van der Waals surface area contributed by atoms with Gasteiger partial charge >= 0.3 is 17.8 Å². The van der Waals surface area contributed by atoms with E-state index < -0.39 is 30.6 Å². The van der Waals surface area contributed by atoms with Crippen molar-refractivity contribution in [3.63, 3.8) is 0 Å².